The summed E-state index contributed by atoms with van der Waals surface area (Å²) in [4.78, 5) is 27.1. The first kappa shape index (κ1) is 17.7. The monoisotopic (exact) mass is 337 g/mol. The fourth-order valence-electron chi connectivity index (χ4n) is 2.27. The van der Waals surface area contributed by atoms with Gasteiger partial charge in [0.2, 0.25) is 17.6 Å². The summed E-state index contributed by atoms with van der Waals surface area (Å²) in [7, 11) is 1.45. The maximum Gasteiger partial charge on any atom is 0.305 e. The van der Waals surface area contributed by atoms with Gasteiger partial charge in [-0.05, 0) is 19.1 Å². The molecule has 2 aromatic rings. The minimum Gasteiger partial charge on any atom is -0.481 e. The Bertz CT molecular complexity index is 681. The number of furan rings is 1. The highest BCUT2D eigenvalue weighted by Crippen LogP contribution is 2.16. The Kier molecular flexibility index (Phi) is 5.69. The molecule has 0 spiro atoms. The average Bonchev–Trinajstić information content (AvgIpc) is 3.15. The molecule has 2 aromatic heterocycles. The van der Waals surface area contributed by atoms with Gasteiger partial charge >= 0.3 is 5.97 Å². The summed E-state index contributed by atoms with van der Waals surface area (Å²) < 4.78 is 15.2. The number of carboxylic acid groups (broad SMARTS) is 1. The number of aliphatic carboxylic acids is 1. The van der Waals surface area contributed by atoms with Crippen LogP contribution >= 0.6 is 0 Å². The summed E-state index contributed by atoms with van der Waals surface area (Å²) in [5, 5.41) is 15.4. The number of hydrogen-bond acceptors (Lipinski definition) is 7. The highest BCUT2D eigenvalue weighted by Gasteiger charge is 2.29. The molecule has 0 saturated heterocycles. The van der Waals surface area contributed by atoms with E-state index >= 15 is 0 Å². The molecule has 0 saturated carbocycles. The van der Waals surface area contributed by atoms with Crippen molar-refractivity contribution in [2.75, 3.05) is 13.7 Å². The predicted octanol–water partition coefficient (Wildman–Crippen LogP) is 1.26. The molecule has 9 nitrogen and oxygen atoms in total. The van der Waals surface area contributed by atoms with Gasteiger partial charge in [-0.3, -0.25) is 9.59 Å². The molecule has 0 bridgehead atoms. The van der Waals surface area contributed by atoms with Crippen molar-refractivity contribution in [1.82, 2.24) is 15.5 Å². The van der Waals surface area contributed by atoms with Gasteiger partial charge in [-0.25, -0.2) is 0 Å². The maximum absolute atomic E-state index is 12.1. The van der Waals surface area contributed by atoms with Crippen LogP contribution in [-0.4, -0.2) is 46.4 Å². The van der Waals surface area contributed by atoms with Crippen LogP contribution in [0.15, 0.2) is 27.3 Å². The van der Waals surface area contributed by atoms with Gasteiger partial charge in [-0.15, -0.1) is 0 Å². The van der Waals surface area contributed by atoms with Crippen LogP contribution < -0.4 is 5.32 Å². The average molecular weight is 337 g/mol. The van der Waals surface area contributed by atoms with Gasteiger partial charge in [0.15, 0.2) is 5.76 Å². The Morgan fingerprint density at radius 1 is 1.46 bits per heavy atom. The van der Waals surface area contributed by atoms with E-state index in [0.717, 1.165) is 0 Å². The van der Waals surface area contributed by atoms with Crippen LogP contribution in [0.25, 0.3) is 11.6 Å². The van der Waals surface area contributed by atoms with E-state index in [1.165, 1.54) is 13.4 Å². The number of aryl methyl sites for hydroxylation is 1. The lowest BCUT2D eigenvalue weighted by atomic mass is 9.98. The molecule has 0 aliphatic rings. The second kappa shape index (κ2) is 7.73. The molecule has 0 fully saturated rings. The van der Waals surface area contributed by atoms with Crippen molar-refractivity contribution in [3.63, 3.8) is 0 Å². The number of rotatable bonds is 9. The molecule has 24 heavy (non-hydrogen) atoms. The summed E-state index contributed by atoms with van der Waals surface area (Å²) in [5.74, 6) is -0.263. The third-order valence-corrected chi connectivity index (χ3v) is 3.22. The van der Waals surface area contributed by atoms with E-state index in [1.54, 1.807) is 19.1 Å². The van der Waals surface area contributed by atoms with Crippen molar-refractivity contribution in [3.05, 3.63) is 24.3 Å². The van der Waals surface area contributed by atoms with E-state index in [4.69, 9.17) is 18.8 Å². The molecular formula is C15H19N3O6. The Balaban J connectivity index is 1.89. The first-order valence-electron chi connectivity index (χ1n) is 7.30. The fourth-order valence-corrected chi connectivity index (χ4v) is 2.27. The lowest BCUT2D eigenvalue weighted by Gasteiger charge is -2.28. The number of nitrogens with one attached hydrogen (secondary N) is 1. The minimum absolute atomic E-state index is 0.0821. The van der Waals surface area contributed by atoms with Gasteiger partial charge in [0, 0.05) is 20.0 Å². The Morgan fingerprint density at radius 3 is 2.88 bits per heavy atom. The van der Waals surface area contributed by atoms with Crippen molar-refractivity contribution in [1.29, 1.82) is 0 Å². The van der Waals surface area contributed by atoms with Crippen molar-refractivity contribution >= 4 is 11.9 Å². The molecule has 9 heteroatoms. The molecule has 0 radical (unpaired) electrons. The minimum atomic E-state index is -1.02. The lowest BCUT2D eigenvalue weighted by molar-refractivity contribution is -0.139. The van der Waals surface area contributed by atoms with E-state index in [9.17, 15) is 9.59 Å². The standard InChI is InChI=1S/C15H19N3O6/c1-15(9-22-2,8-13(20)21)17-11(19)5-6-12-16-14(18-24-12)10-4-3-7-23-10/h3-4,7H,5-6,8-9H2,1-2H3,(H,17,19)(H,20,21). The molecule has 0 aliphatic heterocycles. The zero-order chi connectivity index (χ0) is 17.6. The molecule has 0 aromatic carbocycles. The number of amides is 1. The van der Waals surface area contributed by atoms with E-state index in [-0.39, 0.29) is 31.8 Å². The second-order valence-electron chi connectivity index (χ2n) is 5.60. The summed E-state index contributed by atoms with van der Waals surface area (Å²) in [6.07, 6.45) is 1.57. The molecule has 2 rings (SSSR count). The van der Waals surface area contributed by atoms with Crippen LogP contribution in [0.4, 0.5) is 0 Å². The third-order valence-electron chi connectivity index (χ3n) is 3.22. The number of carboxylic acids is 1. The molecule has 0 aliphatic carbocycles. The normalized spacial score (nSPS) is 13.4. The zero-order valence-corrected chi connectivity index (χ0v) is 13.4. The summed E-state index contributed by atoms with van der Waals surface area (Å²) in [6.45, 7) is 1.71. The summed E-state index contributed by atoms with van der Waals surface area (Å²) >= 11 is 0. The van der Waals surface area contributed by atoms with Gasteiger partial charge in [0.25, 0.3) is 0 Å². The van der Waals surface area contributed by atoms with Gasteiger partial charge in [-0.1, -0.05) is 5.16 Å². The van der Waals surface area contributed by atoms with Gasteiger partial charge in [-0.2, -0.15) is 4.98 Å². The third kappa shape index (κ3) is 4.92. The Labute approximate surface area is 138 Å². The maximum atomic E-state index is 12.1. The van der Waals surface area contributed by atoms with Crippen molar-refractivity contribution in [2.24, 2.45) is 0 Å². The highest BCUT2D eigenvalue weighted by atomic mass is 16.5. The van der Waals surface area contributed by atoms with Crippen molar-refractivity contribution in [3.8, 4) is 11.6 Å². The van der Waals surface area contributed by atoms with E-state index in [1.807, 2.05) is 0 Å². The summed E-state index contributed by atoms with van der Waals surface area (Å²) in [5.41, 5.74) is -0.980. The van der Waals surface area contributed by atoms with Crippen LogP contribution in [0, 0.1) is 0 Å². The lowest BCUT2D eigenvalue weighted by Crippen LogP contribution is -2.50. The SMILES string of the molecule is COCC(C)(CC(=O)O)NC(=O)CCc1nc(-c2ccco2)no1. The van der Waals surface area contributed by atoms with Crippen molar-refractivity contribution in [2.45, 2.75) is 31.7 Å². The Morgan fingerprint density at radius 2 is 2.25 bits per heavy atom. The zero-order valence-electron chi connectivity index (χ0n) is 13.4. The second-order valence-corrected chi connectivity index (χ2v) is 5.60. The topological polar surface area (TPSA) is 128 Å². The Hall–Kier alpha value is -2.68. The number of ether oxygens (including phenoxy) is 1. The highest BCUT2D eigenvalue weighted by molar-refractivity contribution is 5.78. The molecule has 1 unspecified atom stereocenters. The number of nitrogens with zero attached hydrogens (tertiary/aromatic N) is 2. The molecule has 1 amide bonds. The van der Waals surface area contributed by atoms with E-state index in [0.29, 0.717) is 17.5 Å². The number of carbonyl (C=O) groups is 2. The van der Waals surface area contributed by atoms with E-state index < -0.39 is 11.5 Å². The first-order valence-corrected chi connectivity index (χ1v) is 7.30. The van der Waals surface area contributed by atoms with Crippen LogP contribution in [0.3, 0.4) is 0 Å². The van der Waals surface area contributed by atoms with Crippen molar-refractivity contribution < 1.29 is 28.4 Å². The van der Waals surface area contributed by atoms with Gasteiger partial charge in [0.05, 0.1) is 24.8 Å². The number of carbonyl (C=O) groups excluding carboxylic acids is 1. The van der Waals surface area contributed by atoms with E-state index in [2.05, 4.69) is 15.5 Å². The van der Waals surface area contributed by atoms with Crippen LogP contribution in [-0.2, 0) is 20.7 Å². The quantitative estimate of drug-likeness (QED) is 0.700. The van der Waals surface area contributed by atoms with Crippen LogP contribution in [0.2, 0.25) is 0 Å². The number of hydrogen-bond donors (Lipinski definition) is 2. The van der Waals surface area contributed by atoms with Crippen LogP contribution in [0.1, 0.15) is 25.7 Å². The molecule has 2 N–H and O–H groups in total. The number of aromatic nitrogens is 2. The van der Waals surface area contributed by atoms with Gasteiger partial charge < -0.3 is 24.1 Å². The first-order chi connectivity index (χ1) is 11.4. The van der Waals surface area contributed by atoms with Gasteiger partial charge in [0.1, 0.15) is 0 Å². The summed E-state index contributed by atoms with van der Waals surface area (Å²) in [6, 6.07) is 3.40. The molecule has 130 valence electrons. The number of methoxy groups -OCH3 is 1. The molecule has 1 atom stereocenters. The molecular weight excluding hydrogens is 318 g/mol. The van der Waals surface area contributed by atoms with Crippen LogP contribution in [0.5, 0.6) is 0 Å². The molecule has 2 heterocycles. The largest absolute Gasteiger partial charge is 0.481 e. The predicted molar refractivity (Wildman–Crippen MR) is 81.0 cm³/mol. The smallest absolute Gasteiger partial charge is 0.305 e. The fraction of sp³-hybridized carbons (Fsp3) is 0.467.